The first kappa shape index (κ1) is 27.2. The van der Waals surface area contributed by atoms with Crippen LogP contribution in [0.15, 0.2) is 48.5 Å². The van der Waals surface area contributed by atoms with Gasteiger partial charge in [-0.2, -0.15) is 0 Å². The molecule has 1 aliphatic carbocycles. The molecule has 0 radical (unpaired) electrons. The van der Waals surface area contributed by atoms with Gasteiger partial charge in [0, 0.05) is 56.6 Å². The molecular formula is C31H40N4O4. The number of amides is 3. The molecule has 0 aromatic heterocycles. The van der Waals surface area contributed by atoms with Gasteiger partial charge in [0.25, 0.3) is 5.91 Å². The molecule has 39 heavy (non-hydrogen) atoms. The Bertz CT molecular complexity index is 1150. The average molecular weight is 533 g/mol. The van der Waals surface area contributed by atoms with E-state index in [9.17, 15) is 14.4 Å². The van der Waals surface area contributed by atoms with E-state index in [0.717, 1.165) is 43.4 Å². The van der Waals surface area contributed by atoms with E-state index < -0.39 is 0 Å². The minimum Gasteiger partial charge on any atom is -0.378 e. The van der Waals surface area contributed by atoms with Crippen LogP contribution in [0, 0.1) is 5.92 Å². The van der Waals surface area contributed by atoms with Gasteiger partial charge in [-0.05, 0) is 43.0 Å². The van der Waals surface area contributed by atoms with Crippen LogP contribution in [-0.4, -0.2) is 80.0 Å². The Morgan fingerprint density at radius 2 is 1.59 bits per heavy atom. The molecule has 1 saturated carbocycles. The van der Waals surface area contributed by atoms with Gasteiger partial charge in [0.1, 0.15) is 0 Å². The fraction of sp³-hybridized carbons (Fsp3) is 0.516. The van der Waals surface area contributed by atoms with Crippen LogP contribution in [0.2, 0.25) is 0 Å². The quantitative estimate of drug-likeness (QED) is 0.580. The summed E-state index contributed by atoms with van der Waals surface area (Å²) in [5, 5.41) is 3.06. The molecule has 2 heterocycles. The SMILES string of the molecule is CC[C@@H](C(=O)N1CCN(c2ccc(NC(=O)C3CCCC3)cc2C(=O)N2CCOCC2)CC1)c1ccccc1. The molecule has 3 fully saturated rings. The van der Waals surface area contributed by atoms with Crippen LogP contribution in [0.3, 0.4) is 0 Å². The van der Waals surface area contributed by atoms with Crippen molar-refractivity contribution >= 4 is 29.1 Å². The van der Waals surface area contributed by atoms with Gasteiger partial charge in [0.05, 0.1) is 24.7 Å². The minimum atomic E-state index is -0.140. The second-order valence-corrected chi connectivity index (χ2v) is 10.8. The summed E-state index contributed by atoms with van der Waals surface area (Å²) in [6, 6.07) is 15.7. The first-order valence-electron chi connectivity index (χ1n) is 14.5. The summed E-state index contributed by atoms with van der Waals surface area (Å²) in [5.74, 6) is 0.0772. The molecule has 2 saturated heterocycles. The highest BCUT2D eigenvalue weighted by Gasteiger charge is 2.30. The minimum absolute atomic E-state index is 0.0426. The van der Waals surface area contributed by atoms with Gasteiger partial charge in [-0.15, -0.1) is 0 Å². The topological polar surface area (TPSA) is 82.2 Å². The molecule has 0 unspecified atom stereocenters. The van der Waals surface area contributed by atoms with E-state index in [1.165, 1.54) is 0 Å². The lowest BCUT2D eigenvalue weighted by molar-refractivity contribution is -0.133. The summed E-state index contributed by atoms with van der Waals surface area (Å²) in [7, 11) is 0. The number of nitrogens with zero attached hydrogens (tertiary/aromatic N) is 3. The van der Waals surface area contributed by atoms with Crippen LogP contribution in [0.5, 0.6) is 0 Å². The summed E-state index contributed by atoms with van der Waals surface area (Å²) >= 11 is 0. The summed E-state index contributed by atoms with van der Waals surface area (Å²) in [5.41, 5.74) is 3.17. The third-order valence-electron chi connectivity index (χ3n) is 8.36. The van der Waals surface area contributed by atoms with E-state index in [-0.39, 0.29) is 29.6 Å². The normalized spacial score (nSPS) is 19.2. The second kappa shape index (κ2) is 12.6. The number of hydrogen-bond donors (Lipinski definition) is 1. The molecule has 3 amide bonds. The van der Waals surface area contributed by atoms with E-state index in [2.05, 4.69) is 17.1 Å². The number of benzene rings is 2. The van der Waals surface area contributed by atoms with Gasteiger partial charge in [-0.25, -0.2) is 0 Å². The number of hydrogen-bond acceptors (Lipinski definition) is 5. The zero-order chi connectivity index (χ0) is 27.2. The lowest BCUT2D eigenvalue weighted by Gasteiger charge is -2.38. The number of carbonyl (C=O) groups excluding carboxylic acids is 3. The number of carbonyl (C=O) groups is 3. The Balaban J connectivity index is 1.32. The standard InChI is InChI=1S/C31H40N4O4/c1-2-26(23-8-4-3-5-9-23)30(37)34-16-14-33(15-17-34)28-13-12-25(32-29(36)24-10-6-7-11-24)22-27(28)31(38)35-18-20-39-21-19-35/h3-5,8-9,12-13,22,24,26H,2,6-7,10-11,14-21H2,1H3,(H,32,36)/t26-/m1/s1. The largest absolute Gasteiger partial charge is 0.378 e. The molecule has 0 spiro atoms. The Kier molecular flexibility index (Phi) is 8.81. The zero-order valence-electron chi connectivity index (χ0n) is 22.9. The van der Waals surface area contributed by atoms with Crippen molar-refractivity contribution in [3.63, 3.8) is 0 Å². The first-order valence-corrected chi connectivity index (χ1v) is 14.5. The Labute approximate surface area is 231 Å². The smallest absolute Gasteiger partial charge is 0.256 e. The maximum Gasteiger partial charge on any atom is 0.256 e. The maximum absolute atomic E-state index is 13.7. The summed E-state index contributed by atoms with van der Waals surface area (Å²) < 4.78 is 5.46. The Hall–Kier alpha value is -3.39. The fourth-order valence-corrected chi connectivity index (χ4v) is 6.06. The van der Waals surface area contributed by atoms with Crippen LogP contribution in [0.25, 0.3) is 0 Å². The molecule has 208 valence electrons. The van der Waals surface area contributed by atoms with Crippen LogP contribution < -0.4 is 10.2 Å². The monoisotopic (exact) mass is 532 g/mol. The average Bonchev–Trinajstić information content (AvgIpc) is 3.54. The zero-order valence-corrected chi connectivity index (χ0v) is 22.9. The van der Waals surface area contributed by atoms with Crippen molar-refractivity contribution in [2.24, 2.45) is 5.92 Å². The molecule has 3 aliphatic rings. The van der Waals surface area contributed by atoms with Gasteiger partial charge in [-0.1, -0.05) is 50.1 Å². The van der Waals surface area contributed by atoms with Crippen molar-refractivity contribution in [2.45, 2.75) is 44.9 Å². The van der Waals surface area contributed by atoms with E-state index in [4.69, 9.17) is 4.74 Å². The van der Waals surface area contributed by atoms with Crippen LogP contribution in [-0.2, 0) is 14.3 Å². The van der Waals surface area contributed by atoms with E-state index in [1.54, 1.807) is 0 Å². The van der Waals surface area contributed by atoms with E-state index in [0.29, 0.717) is 63.7 Å². The maximum atomic E-state index is 13.7. The van der Waals surface area contributed by atoms with Crippen molar-refractivity contribution in [3.05, 3.63) is 59.7 Å². The highest BCUT2D eigenvalue weighted by Crippen LogP contribution is 2.30. The number of morpholine rings is 1. The lowest BCUT2D eigenvalue weighted by Crippen LogP contribution is -2.50. The molecule has 2 aromatic rings. The highest BCUT2D eigenvalue weighted by atomic mass is 16.5. The van der Waals surface area contributed by atoms with Crippen LogP contribution in [0.1, 0.15) is 60.9 Å². The summed E-state index contributed by atoms with van der Waals surface area (Å²) in [6.45, 7) is 6.72. The third kappa shape index (κ3) is 6.27. The summed E-state index contributed by atoms with van der Waals surface area (Å²) in [4.78, 5) is 45.9. The Morgan fingerprint density at radius 1 is 0.897 bits per heavy atom. The van der Waals surface area contributed by atoms with E-state index in [1.807, 2.05) is 58.3 Å². The highest BCUT2D eigenvalue weighted by molar-refractivity contribution is 6.02. The molecule has 1 N–H and O–H groups in total. The number of anilines is 2. The van der Waals surface area contributed by atoms with E-state index >= 15 is 0 Å². The van der Waals surface area contributed by atoms with Crippen LogP contribution in [0.4, 0.5) is 11.4 Å². The predicted octanol–water partition coefficient (Wildman–Crippen LogP) is 4.13. The van der Waals surface area contributed by atoms with Gasteiger partial charge in [0.15, 0.2) is 0 Å². The number of rotatable bonds is 7. The van der Waals surface area contributed by atoms with Gasteiger partial charge >= 0.3 is 0 Å². The number of nitrogens with one attached hydrogen (secondary N) is 1. The molecule has 0 bridgehead atoms. The lowest BCUT2D eigenvalue weighted by atomic mass is 9.94. The first-order chi connectivity index (χ1) is 19.0. The van der Waals surface area contributed by atoms with Crippen molar-refractivity contribution in [1.29, 1.82) is 0 Å². The number of piperazine rings is 1. The van der Waals surface area contributed by atoms with Crippen molar-refractivity contribution < 1.29 is 19.1 Å². The molecular weight excluding hydrogens is 492 g/mol. The molecule has 8 nitrogen and oxygen atoms in total. The third-order valence-corrected chi connectivity index (χ3v) is 8.36. The predicted molar refractivity (Wildman–Crippen MR) is 152 cm³/mol. The molecule has 8 heteroatoms. The second-order valence-electron chi connectivity index (χ2n) is 10.8. The van der Waals surface area contributed by atoms with Gasteiger partial charge < -0.3 is 24.8 Å². The van der Waals surface area contributed by atoms with Crippen LogP contribution >= 0.6 is 0 Å². The van der Waals surface area contributed by atoms with Crippen molar-refractivity contribution in [2.75, 3.05) is 62.7 Å². The molecule has 1 atom stereocenters. The fourth-order valence-electron chi connectivity index (χ4n) is 6.06. The molecule has 5 rings (SSSR count). The van der Waals surface area contributed by atoms with Gasteiger partial charge in [0.2, 0.25) is 11.8 Å². The van der Waals surface area contributed by atoms with Gasteiger partial charge in [-0.3, -0.25) is 14.4 Å². The number of ether oxygens (including phenoxy) is 1. The Morgan fingerprint density at radius 3 is 2.26 bits per heavy atom. The molecule has 2 aromatic carbocycles. The van der Waals surface area contributed by atoms with Crippen molar-refractivity contribution in [1.82, 2.24) is 9.80 Å². The molecule has 2 aliphatic heterocycles. The van der Waals surface area contributed by atoms with Crippen molar-refractivity contribution in [3.8, 4) is 0 Å². The summed E-state index contributed by atoms with van der Waals surface area (Å²) in [6.07, 6.45) is 4.80.